The van der Waals surface area contributed by atoms with Crippen LogP contribution in [0.2, 0.25) is 0 Å². The molecule has 10 aromatic heterocycles. The number of rotatable bonds is 10. The average molecular weight is 2020 g/mol. The molecule has 29 heteroatoms. The van der Waals surface area contributed by atoms with Crippen molar-refractivity contribution >= 4 is 88.9 Å². The third kappa shape index (κ3) is 26.1. The predicted octanol–water partition coefficient (Wildman–Crippen LogP) is 19.7. The average Bonchev–Trinajstić information content (AvgIpc) is 0.793. The second-order valence-corrected chi connectivity index (χ2v) is 37.8. The highest BCUT2D eigenvalue weighted by molar-refractivity contribution is 7.15. The first-order chi connectivity index (χ1) is 72.9. The van der Waals surface area contributed by atoms with Gasteiger partial charge in [-0.25, -0.2) is 53.0 Å². The molecule has 1 N–H and O–H groups in total. The van der Waals surface area contributed by atoms with E-state index in [0.717, 1.165) is 149 Å². The normalized spacial score (nSPS) is 14.7. The summed E-state index contributed by atoms with van der Waals surface area (Å²) in [5, 5.41) is 5.75. The van der Waals surface area contributed by atoms with Crippen molar-refractivity contribution in [1.82, 2.24) is 66.9 Å². The molecule has 0 bridgehead atoms. The number of fused-ring (bicyclic) bond motifs is 10. The van der Waals surface area contributed by atoms with Gasteiger partial charge < -0.3 is 14.2 Å². The molecule has 7 aromatic carbocycles. The topological polar surface area (TPSA) is 291 Å². The Kier molecular flexibility index (Phi) is 34.4. The minimum Gasteiger partial charge on any atom is -0.384 e. The van der Waals surface area contributed by atoms with E-state index < -0.39 is 0 Å². The highest BCUT2D eigenvalue weighted by Gasteiger charge is 2.25. The monoisotopic (exact) mass is 2020 g/mol. The summed E-state index contributed by atoms with van der Waals surface area (Å²) < 4.78 is 65.4. The van der Waals surface area contributed by atoms with Crippen LogP contribution >= 0.6 is 11.3 Å². The molecule has 3 atom stereocenters. The maximum Gasteiger partial charge on any atom is 0.263 e. The Balaban J connectivity index is 0.000000123. The highest BCUT2D eigenvalue weighted by atomic mass is 32.1. The quantitative estimate of drug-likeness (QED) is 0.124. The van der Waals surface area contributed by atoms with E-state index in [9.17, 15) is 46.7 Å². The summed E-state index contributed by atoms with van der Waals surface area (Å²) >= 11 is 1.42. The number of anilines is 1. The molecule has 13 heterocycles. The number of benzene rings is 7. The number of ether oxygens (including phenoxy) is 3. The van der Waals surface area contributed by atoms with Gasteiger partial charge in [0.15, 0.2) is 5.13 Å². The molecule has 25 nitrogen and oxygen atoms in total. The molecule has 3 unspecified atom stereocenters. The number of carbonyl (C=O) groups excluding carboxylic acids is 1. The number of pyridine rings is 3. The Morgan fingerprint density at radius 2 is 1.15 bits per heavy atom. The minimum absolute atomic E-state index is 0.0382. The van der Waals surface area contributed by atoms with E-state index in [1.165, 1.54) is 58.6 Å². The molecular weight excluding hydrogens is 1910 g/mol. The van der Waals surface area contributed by atoms with Crippen molar-refractivity contribution < 1.29 is 32.2 Å². The van der Waals surface area contributed by atoms with Crippen molar-refractivity contribution in [2.45, 2.75) is 150 Å². The van der Waals surface area contributed by atoms with Crippen LogP contribution in [0.1, 0.15) is 197 Å². The first kappa shape index (κ1) is 104. The molecule has 5 aliphatic rings. The van der Waals surface area contributed by atoms with E-state index in [0.29, 0.717) is 152 Å². The van der Waals surface area contributed by atoms with Crippen molar-refractivity contribution in [2.24, 2.45) is 18.9 Å². The molecule has 0 radical (unpaired) electrons. The van der Waals surface area contributed by atoms with Gasteiger partial charge in [0.25, 0.3) is 39.3 Å². The van der Waals surface area contributed by atoms with E-state index in [2.05, 4.69) is 121 Å². The van der Waals surface area contributed by atoms with Crippen LogP contribution in [0.15, 0.2) is 284 Å². The molecule has 150 heavy (non-hydrogen) atoms. The number of halogens is 3. The number of amides is 1. The Morgan fingerprint density at radius 1 is 0.560 bits per heavy atom. The van der Waals surface area contributed by atoms with Gasteiger partial charge >= 0.3 is 0 Å². The summed E-state index contributed by atoms with van der Waals surface area (Å²) in [6.45, 7) is 13.7. The largest absolute Gasteiger partial charge is 0.384 e. The summed E-state index contributed by atoms with van der Waals surface area (Å²) in [7, 11) is 3.32. The van der Waals surface area contributed by atoms with Crippen LogP contribution in [0, 0.1) is 83.6 Å². The molecular formula is C121H108F3N15O10S. The van der Waals surface area contributed by atoms with Crippen LogP contribution in [0.3, 0.4) is 0 Å². The SMILES string of the molecule is C/C=C1\CCCCCn2c1nc1cc(C(=O)Nc3ncc(C)s3)ccc1c2=O.CC1CCc2c(nc3cc(C#Cc4ccccn4)ccn3c2=O)C1.CCOC(C)c1cnc2cc(C#Cc3cccc(F)c3)ccn2c1=O.COCCc1nc2cc(C#Cc3cccc(F)c3)ccc2c(=O)n1C.O=c1c2ccc(/C=C/C3C=CC=CC3)cc2nc2n1CCCCC2.O=c1c2ccc(C#Cc3cccc(F)c3)cc2nc2n1CCOC2. The highest BCUT2D eigenvalue weighted by Crippen LogP contribution is 2.29. The lowest BCUT2D eigenvalue weighted by Crippen LogP contribution is -2.31. The first-order valence-electron chi connectivity index (χ1n) is 50.0. The first-order valence-corrected chi connectivity index (χ1v) is 50.8. The third-order valence-corrected chi connectivity index (χ3v) is 26.7. The Hall–Kier alpha value is -17.1. The van der Waals surface area contributed by atoms with Gasteiger partial charge in [0.1, 0.15) is 64.3 Å². The van der Waals surface area contributed by atoms with Crippen molar-refractivity contribution in [3.8, 4) is 47.4 Å². The number of nitrogens with zero attached hydrogens (tertiary/aromatic N) is 14. The van der Waals surface area contributed by atoms with Crippen LogP contribution in [-0.2, 0) is 73.2 Å². The number of methoxy groups -OCH3 is 1. The van der Waals surface area contributed by atoms with Gasteiger partial charge in [-0.05, 0) is 272 Å². The standard InChI is InChI=1S/C21H22N4O2S.C21H22N2O.2C20H17FN2O2.C20H17N3O.C19H13FN2O2/c1-3-14-7-5-4-6-10-25-18(14)23-17-11-15(8-9-16(17)20(25)27)19(26)24-21-22-12-13(2)28-21;24-21-18-13-12-17(11-10-16-7-3-1-4-8-16)15-19(18)22-20-9-5-2-6-14-23(20)21;1-23-19(10-11-25-2)22-18-13-15(8-9-17(18)20(23)24)7-6-14-4-3-5-16(21)12-14;1-3-25-14(2)18-13-22-19-12-16(9-10-23(19)20(18)24)8-7-15-5-4-6-17(21)11-15;1-14-5-8-17-18(12-14)22-19-13-15(9-11-23(19)20(17)24)6-7-16-4-2-3-10-21-16;20-15-3-1-2-13(10-15)4-5-14-6-7-16-17(11-14)21-18-12-24-9-8-22(18)19(16)23/h3,8-9,11-12H,4-7,10H2,1-2H3,(H,22,24,26);1,3-4,7,10-13,15-16H,2,5-6,8-9,14H2;3-5,8-9,12-13H,10-11H2,1-2H3;4-6,9-14H,3H2,1-2H3;2-4,9-11,13-14H,5,8,12H2,1H3;1-3,6-7,10-11H,8-9,12H2/b14-3+;11-10+;;;;. The van der Waals surface area contributed by atoms with Gasteiger partial charge in [0.05, 0.1) is 80.7 Å². The number of hydrogen-bond acceptors (Lipinski definition) is 19. The van der Waals surface area contributed by atoms with E-state index in [1.54, 1.807) is 166 Å². The summed E-state index contributed by atoms with van der Waals surface area (Å²) in [5.74, 6) is 26.6. The van der Waals surface area contributed by atoms with E-state index in [-0.39, 0.29) is 62.8 Å². The smallest absolute Gasteiger partial charge is 0.263 e. The van der Waals surface area contributed by atoms with Crippen LogP contribution in [-0.4, -0.2) is 99.8 Å². The van der Waals surface area contributed by atoms with Gasteiger partial charge in [0, 0.05) is 133 Å². The van der Waals surface area contributed by atoms with Gasteiger partial charge in [0.2, 0.25) is 0 Å². The number of thiazole rings is 1. The van der Waals surface area contributed by atoms with Crippen molar-refractivity contribution in [3.63, 3.8) is 0 Å². The number of nitrogens with one attached hydrogen (secondary N) is 1. The molecule has 0 saturated heterocycles. The fourth-order valence-corrected chi connectivity index (χ4v) is 18.6. The van der Waals surface area contributed by atoms with Crippen LogP contribution in [0.4, 0.5) is 18.3 Å². The Bertz CT molecular complexity index is 8840. The molecule has 1 amide bonds. The molecule has 0 fully saturated rings. The zero-order chi connectivity index (χ0) is 105. The fraction of sp³-hybridized carbons (Fsp3) is 0.248. The minimum atomic E-state index is -0.325. The maximum atomic E-state index is 13.2. The number of aryl methyl sites for hydroxylation is 2. The van der Waals surface area contributed by atoms with Crippen LogP contribution < -0.4 is 38.7 Å². The zero-order valence-corrected chi connectivity index (χ0v) is 84.9. The Morgan fingerprint density at radius 3 is 1.77 bits per heavy atom. The lowest BCUT2D eigenvalue weighted by molar-refractivity contribution is 0.0751. The van der Waals surface area contributed by atoms with E-state index in [4.69, 9.17) is 29.2 Å². The number of hydrogen-bond donors (Lipinski definition) is 1. The summed E-state index contributed by atoms with van der Waals surface area (Å²) in [6.07, 6.45) is 35.8. The number of carbonyl (C=O) groups is 1. The third-order valence-electron chi connectivity index (χ3n) is 25.9. The van der Waals surface area contributed by atoms with Crippen molar-refractivity contribution in [3.05, 3.63) is 436 Å². The lowest BCUT2D eigenvalue weighted by Gasteiger charge is -2.20. The maximum absolute atomic E-state index is 13.2. The van der Waals surface area contributed by atoms with Gasteiger partial charge in [-0.1, -0.05) is 134 Å². The summed E-state index contributed by atoms with van der Waals surface area (Å²) in [5.41, 5.74) is 14.1. The van der Waals surface area contributed by atoms with Crippen LogP contribution in [0.25, 0.3) is 66.6 Å². The summed E-state index contributed by atoms with van der Waals surface area (Å²) in [6, 6.07) is 52.8. The molecule has 22 rings (SSSR count). The van der Waals surface area contributed by atoms with E-state index in [1.807, 2.05) is 86.9 Å². The molecule has 0 spiro atoms. The predicted molar refractivity (Wildman–Crippen MR) is 582 cm³/mol. The second-order valence-electron chi connectivity index (χ2n) is 36.6. The van der Waals surface area contributed by atoms with Crippen molar-refractivity contribution in [2.75, 3.05) is 32.2 Å². The second kappa shape index (κ2) is 49.4. The zero-order valence-electron chi connectivity index (χ0n) is 84.1. The van der Waals surface area contributed by atoms with Gasteiger partial charge in [-0.3, -0.25) is 65.9 Å². The fourth-order valence-electron chi connectivity index (χ4n) is 17.9. The molecule has 3 aliphatic heterocycles. The van der Waals surface area contributed by atoms with Crippen molar-refractivity contribution in [1.29, 1.82) is 0 Å². The van der Waals surface area contributed by atoms with Crippen LogP contribution in [0.5, 0.6) is 0 Å². The molecule has 754 valence electrons. The molecule has 0 saturated carbocycles. The lowest BCUT2D eigenvalue weighted by atomic mass is 9.89. The number of allylic oxidation sites excluding steroid dienone is 7. The van der Waals surface area contributed by atoms with Gasteiger partial charge in [-0.15, -0.1) is 11.3 Å². The Labute approximate surface area is 867 Å². The van der Waals surface area contributed by atoms with E-state index >= 15 is 0 Å². The van der Waals surface area contributed by atoms with Gasteiger partial charge in [-0.2, -0.15) is 0 Å². The molecule has 17 aromatic rings. The number of aromatic nitrogens is 14. The molecule has 2 aliphatic carbocycles. The summed E-state index contributed by atoms with van der Waals surface area (Å²) in [4.78, 5) is 126.